The van der Waals surface area contributed by atoms with E-state index in [1.165, 1.54) is 0 Å². The molecule has 6 rings (SSSR count). The third-order valence-corrected chi connectivity index (χ3v) is 6.76. The van der Waals surface area contributed by atoms with Crippen LogP contribution in [0.4, 0.5) is 0 Å². The van der Waals surface area contributed by atoms with Crippen LogP contribution < -0.4 is 5.56 Å². The fourth-order valence-electron chi connectivity index (χ4n) is 6.09. The minimum Gasteiger partial charge on any atom is -0.454 e. The molecule has 2 unspecified atom stereocenters. The van der Waals surface area contributed by atoms with Gasteiger partial charge in [0.15, 0.2) is 11.9 Å². The maximum Gasteiger partial charge on any atom is 0.312 e. The van der Waals surface area contributed by atoms with E-state index < -0.39 is 17.1 Å². The zero-order valence-electron chi connectivity index (χ0n) is 15.4. The van der Waals surface area contributed by atoms with Crippen LogP contribution in [-0.2, 0) is 9.53 Å². The normalized spacial score (nSPS) is 35.3. The van der Waals surface area contributed by atoms with Crippen LogP contribution in [0.5, 0.6) is 0 Å². The summed E-state index contributed by atoms with van der Waals surface area (Å²) < 4.78 is 5.79. The Morgan fingerprint density at radius 2 is 1.96 bits per heavy atom. The summed E-state index contributed by atoms with van der Waals surface area (Å²) in [4.78, 5) is 32.6. The monoisotopic (exact) mass is 368 g/mol. The number of benzene rings is 1. The Morgan fingerprint density at radius 1 is 1.26 bits per heavy atom. The van der Waals surface area contributed by atoms with Crippen LogP contribution in [0.3, 0.4) is 0 Å². The maximum absolute atomic E-state index is 13.1. The lowest BCUT2D eigenvalue weighted by atomic mass is 9.48. The van der Waals surface area contributed by atoms with Crippen LogP contribution >= 0.6 is 0 Å². The number of nitrogens with zero attached hydrogens (tertiary/aromatic N) is 1. The molecular formula is C21H24N2O4. The molecule has 4 saturated carbocycles. The third kappa shape index (κ3) is 2.69. The number of rotatable bonds is 3. The Morgan fingerprint density at radius 3 is 2.67 bits per heavy atom. The lowest BCUT2D eigenvalue weighted by Crippen LogP contribution is -2.58. The van der Waals surface area contributed by atoms with Crippen LogP contribution in [-0.4, -0.2) is 26.6 Å². The number of fused-ring (bicyclic) bond motifs is 1. The Labute approximate surface area is 157 Å². The van der Waals surface area contributed by atoms with Crippen molar-refractivity contribution >= 4 is 16.9 Å². The summed E-state index contributed by atoms with van der Waals surface area (Å²) >= 11 is 0. The molecule has 0 spiro atoms. The predicted octanol–water partition coefficient (Wildman–Crippen LogP) is 2.86. The van der Waals surface area contributed by atoms with E-state index in [9.17, 15) is 14.7 Å². The zero-order chi connectivity index (χ0) is 18.8. The van der Waals surface area contributed by atoms with Crippen molar-refractivity contribution in [3.05, 3.63) is 40.4 Å². The molecule has 2 N–H and O–H groups in total. The van der Waals surface area contributed by atoms with E-state index in [4.69, 9.17) is 4.74 Å². The first-order valence-corrected chi connectivity index (χ1v) is 9.78. The van der Waals surface area contributed by atoms with Crippen molar-refractivity contribution in [2.75, 3.05) is 0 Å². The minimum absolute atomic E-state index is 0.234. The summed E-state index contributed by atoms with van der Waals surface area (Å²) in [6.07, 6.45) is 4.21. The number of esters is 1. The quantitative estimate of drug-likeness (QED) is 0.813. The highest BCUT2D eigenvalue weighted by Crippen LogP contribution is 2.62. The highest BCUT2D eigenvalue weighted by atomic mass is 16.5. The van der Waals surface area contributed by atoms with Gasteiger partial charge in [-0.2, -0.15) is 0 Å². The van der Waals surface area contributed by atoms with Crippen molar-refractivity contribution < 1.29 is 14.6 Å². The van der Waals surface area contributed by atoms with Gasteiger partial charge in [-0.15, -0.1) is 0 Å². The van der Waals surface area contributed by atoms with Gasteiger partial charge in [0.1, 0.15) is 0 Å². The van der Waals surface area contributed by atoms with Crippen molar-refractivity contribution in [1.82, 2.24) is 9.97 Å². The number of H-pyrrole nitrogens is 1. The van der Waals surface area contributed by atoms with E-state index in [-0.39, 0.29) is 11.5 Å². The molecule has 142 valence electrons. The number of aromatic amines is 1. The van der Waals surface area contributed by atoms with Gasteiger partial charge in [-0.1, -0.05) is 12.1 Å². The second kappa shape index (κ2) is 5.64. The average Bonchev–Trinajstić information content (AvgIpc) is 2.59. The molecule has 4 fully saturated rings. The first kappa shape index (κ1) is 16.9. The molecular weight excluding hydrogens is 344 g/mol. The summed E-state index contributed by atoms with van der Waals surface area (Å²) in [5, 5.41) is 11.4. The molecule has 27 heavy (non-hydrogen) atoms. The highest BCUT2D eigenvalue weighted by molar-refractivity contribution is 5.79. The maximum atomic E-state index is 13.1. The summed E-state index contributed by atoms with van der Waals surface area (Å²) in [7, 11) is 0. The molecule has 4 aliphatic rings. The number of carbonyl (C=O) groups excluding carboxylic acids is 1. The van der Waals surface area contributed by atoms with Gasteiger partial charge in [0.05, 0.1) is 21.9 Å². The third-order valence-electron chi connectivity index (χ3n) is 6.76. The van der Waals surface area contributed by atoms with Gasteiger partial charge >= 0.3 is 5.97 Å². The van der Waals surface area contributed by atoms with Crippen LogP contribution in [0.25, 0.3) is 10.9 Å². The van der Waals surface area contributed by atoms with Gasteiger partial charge in [0, 0.05) is 0 Å². The van der Waals surface area contributed by atoms with Crippen LogP contribution in [0.1, 0.15) is 57.4 Å². The van der Waals surface area contributed by atoms with E-state index >= 15 is 0 Å². The lowest BCUT2D eigenvalue weighted by Gasteiger charge is -2.58. The van der Waals surface area contributed by atoms with Crippen molar-refractivity contribution in [3.63, 3.8) is 0 Å². The molecule has 1 aromatic carbocycles. The van der Waals surface area contributed by atoms with E-state index in [1.807, 2.05) is 6.07 Å². The molecule has 0 aliphatic heterocycles. The highest BCUT2D eigenvalue weighted by Gasteiger charge is 2.61. The average molecular weight is 368 g/mol. The number of ether oxygens (including phenoxy) is 1. The van der Waals surface area contributed by atoms with Crippen molar-refractivity contribution in [1.29, 1.82) is 0 Å². The molecule has 0 amide bonds. The van der Waals surface area contributed by atoms with E-state index in [0.717, 1.165) is 32.1 Å². The van der Waals surface area contributed by atoms with Gasteiger partial charge in [0.2, 0.25) is 0 Å². The molecule has 1 heterocycles. The number of carbonyl (C=O) groups is 1. The standard InChI is InChI=1S/C21H24N2O4/c1-12(17-22-16-5-3-2-4-15(16)18(24)23-17)27-19(25)20-7-13-6-14(8-20)10-21(26,9-13)11-20/h2-5,12-14,26H,6-11H2,1H3,(H,22,23,24)/t12-,13-,14+,20?,21?/m1/s1. The van der Waals surface area contributed by atoms with Crippen molar-refractivity contribution in [2.24, 2.45) is 17.3 Å². The first-order valence-electron chi connectivity index (χ1n) is 9.78. The van der Waals surface area contributed by atoms with Gasteiger partial charge < -0.3 is 14.8 Å². The number of para-hydroxylation sites is 1. The van der Waals surface area contributed by atoms with Crippen molar-refractivity contribution in [2.45, 2.75) is 57.2 Å². The Bertz CT molecular complexity index is 968. The van der Waals surface area contributed by atoms with Crippen LogP contribution in [0.2, 0.25) is 0 Å². The molecule has 2 aromatic rings. The first-order chi connectivity index (χ1) is 12.9. The number of aliphatic hydroxyl groups is 1. The van der Waals surface area contributed by atoms with Crippen LogP contribution in [0.15, 0.2) is 29.1 Å². The largest absolute Gasteiger partial charge is 0.454 e. The topological polar surface area (TPSA) is 92.3 Å². The smallest absolute Gasteiger partial charge is 0.312 e. The van der Waals surface area contributed by atoms with Crippen molar-refractivity contribution in [3.8, 4) is 0 Å². The van der Waals surface area contributed by atoms with Gasteiger partial charge in [-0.3, -0.25) is 9.59 Å². The van der Waals surface area contributed by atoms with E-state index in [1.54, 1.807) is 25.1 Å². The van der Waals surface area contributed by atoms with E-state index in [0.29, 0.717) is 35.0 Å². The van der Waals surface area contributed by atoms with Crippen LogP contribution in [0, 0.1) is 17.3 Å². The fraction of sp³-hybridized carbons (Fsp3) is 0.571. The lowest BCUT2D eigenvalue weighted by molar-refractivity contribution is -0.200. The SMILES string of the molecule is C[C@@H](OC(=O)C12C[C@@H]3C[C@@H](CC(O)(C3)C1)C2)c1nc2ccccc2c(=O)[nH]1. The molecule has 4 aliphatic carbocycles. The Kier molecular flexibility index (Phi) is 3.54. The number of nitrogens with one attached hydrogen (secondary N) is 1. The molecule has 5 atom stereocenters. The van der Waals surface area contributed by atoms with Gasteiger partial charge in [0.25, 0.3) is 5.56 Å². The Balaban J connectivity index is 1.41. The molecule has 0 saturated heterocycles. The number of hydrogen-bond donors (Lipinski definition) is 2. The van der Waals surface area contributed by atoms with Gasteiger partial charge in [-0.05, 0) is 69.4 Å². The molecule has 6 nitrogen and oxygen atoms in total. The summed E-state index contributed by atoms with van der Waals surface area (Å²) in [6.45, 7) is 1.74. The second-order valence-corrected chi connectivity index (χ2v) is 8.98. The number of hydrogen-bond acceptors (Lipinski definition) is 5. The summed E-state index contributed by atoms with van der Waals surface area (Å²) in [5.41, 5.74) is -0.933. The molecule has 4 bridgehead atoms. The molecule has 0 radical (unpaired) electrons. The van der Waals surface area contributed by atoms with Gasteiger partial charge in [-0.25, -0.2) is 4.98 Å². The summed E-state index contributed by atoms with van der Waals surface area (Å²) in [5.74, 6) is 0.934. The summed E-state index contributed by atoms with van der Waals surface area (Å²) in [6, 6.07) is 7.11. The number of aromatic nitrogens is 2. The minimum atomic E-state index is -0.706. The zero-order valence-corrected chi connectivity index (χ0v) is 15.4. The fourth-order valence-corrected chi connectivity index (χ4v) is 6.09. The Hall–Kier alpha value is -2.21. The van der Waals surface area contributed by atoms with E-state index in [2.05, 4.69) is 9.97 Å². The predicted molar refractivity (Wildman–Crippen MR) is 98.9 cm³/mol. The molecule has 1 aromatic heterocycles. The molecule has 6 heteroatoms. The second-order valence-electron chi connectivity index (χ2n) is 8.98.